The topological polar surface area (TPSA) is 53.6 Å². The molecule has 0 saturated carbocycles. The van der Waals surface area contributed by atoms with E-state index in [9.17, 15) is 0 Å². The van der Waals surface area contributed by atoms with Gasteiger partial charge in [0.1, 0.15) is 5.82 Å². The summed E-state index contributed by atoms with van der Waals surface area (Å²) in [4.78, 5) is 13.2. The number of fused-ring (bicyclic) bond motifs is 1. The van der Waals surface area contributed by atoms with Gasteiger partial charge in [0.2, 0.25) is 0 Å². The number of benzene rings is 2. The van der Waals surface area contributed by atoms with E-state index in [1.165, 1.54) is 0 Å². The van der Waals surface area contributed by atoms with E-state index < -0.39 is 0 Å². The van der Waals surface area contributed by atoms with Crippen LogP contribution >= 0.6 is 11.9 Å². The van der Waals surface area contributed by atoms with E-state index in [2.05, 4.69) is 43.9 Å². The van der Waals surface area contributed by atoms with E-state index in [1.54, 1.807) is 24.3 Å². The molecule has 0 fully saturated rings. The highest BCUT2D eigenvalue weighted by Gasteiger charge is 2.06. The highest BCUT2D eigenvalue weighted by molar-refractivity contribution is 8.00. The van der Waals surface area contributed by atoms with Crippen LogP contribution in [0.15, 0.2) is 78.0 Å². The quantitative estimate of drug-likeness (QED) is 0.533. The minimum atomic E-state index is 0.892. The van der Waals surface area contributed by atoms with Crippen molar-refractivity contribution >= 4 is 28.7 Å². The molecule has 4 aromatic rings. The van der Waals surface area contributed by atoms with Crippen LogP contribution in [0.5, 0.6) is 0 Å². The lowest BCUT2D eigenvalue weighted by molar-refractivity contribution is 1.33. The number of hydrogen-bond donors (Lipinski definition) is 2. The molecule has 5 heteroatoms. The molecule has 2 N–H and O–H groups in total. The van der Waals surface area contributed by atoms with Gasteiger partial charge in [0.25, 0.3) is 0 Å². The van der Waals surface area contributed by atoms with Crippen LogP contribution < -0.4 is 4.72 Å². The minimum absolute atomic E-state index is 0.892. The first-order valence-corrected chi connectivity index (χ1v) is 8.08. The smallest absolute Gasteiger partial charge is 0.138 e. The van der Waals surface area contributed by atoms with E-state index in [-0.39, 0.29) is 0 Å². The standard InChI is InChI=1S/C18H14N4S/c1-2-5-13(6-3-1)18-20-16-9-8-15(11-17(16)21-18)23-22-14-7-4-10-19-12-14/h1-12,22H,(H,20,21). The maximum Gasteiger partial charge on any atom is 0.138 e. The lowest BCUT2D eigenvalue weighted by atomic mass is 10.2. The van der Waals surface area contributed by atoms with Gasteiger partial charge in [-0.15, -0.1) is 0 Å². The molecule has 0 aliphatic heterocycles. The van der Waals surface area contributed by atoms with Crippen molar-refractivity contribution in [1.82, 2.24) is 15.0 Å². The van der Waals surface area contributed by atoms with Crippen LogP contribution in [0.3, 0.4) is 0 Å². The largest absolute Gasteiger partial charge is 0.338 e. The van der Waals surface area contributed by atoms with Gasteiger partial charge in [-0.25, -0.2) is 4.98 Å². The summed E-state index contributed by atoms with van der Waals surface area (Å²) < 4.78 is 3.28. The van der Waals surface area contributed by atoms with E-state index in [0.717, 1.165) is 33.0 Å². The maximum absolute atomic E-state index is 4.65. The number of imidazole rings is 1. The third kappa shape index (κ3) is 3.05. The number of nitrogens with one attached hydrogen (secondary N) is 2. The van der Waals surface area contributed by atoms with Crippen LogP contribution in [0.1, 0.15) is 0 Å². The molecule has 23 heavy (non-hydrogen) atoms. The van der Waals surface area contributed by atoms with Gasteiger partial charge >= 0.3 is 0 Å². The van der Waals surface area contributed by atoms with Gasteiger partial charge in [-0.2, -0.15) is 0 Å². The number of anilines is 1. The summed E-state index contributed by atoms with van der Waals surface area (Å²) in [5, 5.41) is 0. The number of H-pyrrole nitrogens is 1. The van der Waals surface area contributed by atoms with Crippen molar-refractivity contribution < 1.29 is 0 Å². The molecule has 0 unspecified atom stereocenters. The Kier molecular flexibility index (Phi) is 3.70. The first-order chi connectivity index (χ1) is 11.4. The van der Waals surface area contributed by atoms with Crippen LogP contribution in [0.4, 0.5) is 5.69 Å². The summed E-state index contributed by atoms with van der Waals surface area (Å²) >= 11 is 1.56. The van der Waals surface area contributed by atoms with Crippen LogP contribution in [-0.2, 0) is 0 Å². The predicted molar refractivity (Wildman–Crippen MR) is 95.2 cm³/mol. The average molecular weight is 318 g/mol. The van der Waals surface area contributed by atoms with E-state index in [1.807, 2.05) is 36.4 Å². The van der Waals surface area contributed by atoms with Crippen LogP contribution in [-0.4, -0.2) is 15.0 Å². The fraction of sp³-hybridized carbons (Fsp3) is 0. The molecular formula is C18H14N4S. The van der Waals surface area contributed by atoms with Crippen LogP contribution in [0.2, 0.25) is 0 Å². The van der Waals surface area contributed by atoms with Crippen molar-refractivity contribution in [1.29, 1.82) is 0 Å². The number of rotatable bonds is 4. The molecule has 0 bridgehead atoms. The molecule has 0 aliphatic carbocycles. The zero-order chi connectivity index (χ0) is 15.5. The second-order valence-electron chi connectivity index (χ2n) is 5.08. The molecule has 0 atom stereocenters. The maximum atomic E-state index is 4.65. The predicted octanol–water partition coefficient (Wildman–Crippen LogP) is 4.74. The van der Waals surface area contributed by atoms with Crippen molar-refractivity contribution in [2.24, 2.45) is 0 Å². The summed E-state index contributed by atoms with van der Waals surface area (Å²) in [6.45, 7) is 0. The van der Waals surface area contributed by atoms with Gasteiger partial charge in [-0.1, -0.05) is 30.3 Å². The number of pyridine rings is 1. The van der Waals surface area contributed by atoms with Crippen molar-refractivity contribution in [2.75, 3.05) is 4.72 Å². The highest BCUT2D eigenvalue weighted by atomic mass is 32.2. The number of aromatic nitrogens is 3. The molecule has 0 saturated heterocycles. The van der Waals surface area contributed by atoms with Crippen molar-refractivity contribution in [3.8, 4) is 11.4 Å². The van der Waals surface area contributed by atoms with E-state index in [0.29, 0.717) is 0 Å². The van der Waals surface area contributed by atoms with Crippen molar-refractivity contribution in [3.63, 3.8) is 0 Å². The molecule has 2 aromatic heterocycles. The van der Waals surface area contributed by atoms with Crippen molar-refractivity contribution in [2.45, 2.75) is 4.90 Å². The van der Waals surface area contributed by atoms with Gasteiger partial charge in [0.05, 0.1) is 22.9 Å². The number of hydrogen-bond acceptors (Lipinski definition) is 4. The van der Waals surface area contributed by atoms with Crippen molar-refractivity contribution in [3.05, 3.63) is 73.1 Å². The van der Waals surface area contributed by atoms with Gasteiger partial charge in [0, 0.05) is 16.7 Å². The Morgan fingerprint density at radius 3 is 2.70 bits per heavy atom. The summed E-state index contributed by atoms with van der Waals surface area (Å²) in [6, 6.07) is 20.2. The van der Waals surface area contributed by atoms with Crippen LogP contribution in [0, 0.1) is 0 Å². The lowest BCUT2D eigenvalue weighted by Gasteiger charge is -2.04. The molecule has 0 radical (unpaired) electrons. The molecule has 0 aliphatic rings. The number of nitrogens with zero attached hydrogens (tertiary/aromatic N) is 2. The molecule has 2 aromatic carbocycles. The van der Waals surface area contributed by atoms with Gasteiger partial charge < -0.3 is 9.71 Å². The second kappa shape index (κ2) is 6.14. The fourth-order valence-electron chi connectivity index (χ4n) is 2.33. The Balaban J connectivity index is 1.58. The first kappa shape index (κ1) is 13.8. The fourth-order valence-corrected chi connectivity index (χ4v) is 3.00. The van der Waals surface area contributed by atoms with E-state index in [4.69, 9.17) is 0 Å². The van der Waals surface area contributed by atoms with Gasteiger partial charge in [-0.05, 0) is 42.3 Å². The lowest BCUT2D eigenvalue weighted by Crippen LogP contribution is -1.86. The Bertz CT molecular complexity index is 920. The Morgan fingerprint density at radius 2 is 1.87 bits per heavy atom. The minimum Gasteiger partial charge on any atom is -0.338 e. The first-order valence-electron chi connectivity index (χ1n) is 7.26. The second-order valence-corrected chi connectivity index (χ2v) is 5.96. The SMILES string of the molecule is c1ccc(-c2nc3ccc(SNc4cccnc4)cc3[nH]2)cc1. The third-order valence-corrected chi connectivity index (χ3v) is 4.28. The monoisotopic (exact) mass is 318 g/mol. The summed E-state index contributed by atoms with van der Waals surface area (Å²) in [5.74, 6) is 0.892. The van der Waals surface area contributed by atoms with Gasteiger partial charge in [-0.3, -0.25) is 4.98 Å². The normalized spacial score (nSPS) is 10.8. The average Bonchev–Trinajstić information content (AvgIpc) is 3.05. The Morgan fingerprint density at radius 1 is 0.957 bits per heavy atom. The number of aromatic amines is 1. The summed E-state index contributed by atoms with van der Waals surface area (Å²) in [5.41, 5.74) is 4.06. The molecule has 4 nitrogen and oxygen atoms in total. The third-order valence-electron chi connectivity index (χ3n) is 3.45. The molecule has 112 valence electrons. The highest BCUT2D eigenvalue weighted by Crippen LogP contribution is 2.26. The van der Waals surface area contributed by atoms with Crippen LogP contribution in [0.25, 0.3) is 22.4 Å². The molecule has 4 rings (SSSR count). The van der Waals surface area contributed by atoms with E-state index >= 15 is 0 Å². The molecule has 0 spiro atoms. The molecular weight excluding hydrogens is 304 g/mol. The molecule has 0 amide bonds. The zero-order valence-corrected chi connectivity index (χ0v) is 13.0. The summed E-state index contributed by atoms with van der Waals surface area (Å²) in [7, 11) is 0. The Labute approximate surface area is 138 Å². The Hall–Kier alpha value is -2.79. The zero-order valence-electron chi connectivity index (χ0n) is 12.2. The molecule has 2 heterocycles. The summed E-state index contributed by atoms with van der Waals surface area (Å²) in [6.07, 6.45) is 3.56. The van der Waals surface area contributed by atoms with Gasteiger partial charge in [0.15, 0.2) is 0 Å².